The maximum Gasteiger partial charge on any atom is 0.472 e. The number of hydrogen-bond acceptors (Lipinski definition) is 7. The highest BCUT2D eigenvalue weighted by molar-refractivity contribution is 7.47. The Kier molecular flexibility index (Phi) is 51.1. The molecule has 0 aliphatic rings. The number of unbranched alkanes of at least 4 members (excludes halogenated alkanes) is 36. The Hall–Kier alpha value is -1.02. The van der Waals surface area contributed by atoms with E-state index in [9.17, 15) is 14.3 Å². The van der Waals surface area contributed by atoms with E-state index in [1.54, 1.807) is 0 Å². The molecule has 0 aromatic carbocycles. The lowest BCUT2D eigenvalue weighted by molar-refractivity contribution is -0.154. The Morgan fingerprint density at radius 3 is 1.24 bits per heavy atom. The number of hydrogen-bond donors (Lipinski definition) is 2. The molecule has 0 aliphatic carbocycles. The first kappa shape index (κ1) is 62.0. The molecule has 0 amide bonds. The van der Waals surface area contributed by atoms with Crippen molar-refractivity contribution >= 4 is 13.8 Å². The van der Waals surface area contributed by atoms with Crippen LogP contribution in [0, 0.1) is 0 Å². The van der Waals surface area contributed by atoms with Gasteiger partial charge in [0.15, 0.2) is 0 Å². The van der Waals surface area contributed by atoms with Crippen molar-refractivity contribution in [3.8, 4) is 0 Å². The van der Waals surface area contributed by atoms with E-state index in [0.29, 0.717) is 13.0 Å². The average Bonchev–Trinajstić information content (AvgIpc) is 3.28. The lowest BCUT2D eigenvalue weighted by Crippen LogP contribution is -2.28. The Balaban J connectivity index is 3.88. The second-order valence-corrected chi connectivity index (χ2v) is 19.9. The Labute approximate surface area is 391 Å². The Bertz CT molecular complexity index is 1020. The first-order valence-electron chi connectivity index (χ1n) is 27.3. The third-order valence-corrected chi connectivity index (χ3v) is 13.1. The molecule has 0 rings (SSSR count). The summed E-state index contributed by atoms with van der Waals surface area (Å²) in [5.41, 5.74) is 5.40. The van der Waals surface area contributed by atoms with Crippen molar-refractivity contribution in [1.82, 2.24) is 0 Å². The number of carbonyl (C=O) groups is 1. The van der Waals surface area contributed by atoms with Gasteiger partial charge < -0.3 is 20.1 Å². The zero-order valence-corrected chi connectivity index (χ0v) is 42.7. The van der Waals surface area contributed by atoms with Gasteiger partial charge in [-0.2, -0.15) is 0 Å². The van der Waals surface area contributed by atoms with Crippen LogP contribution in [0.1, 0.15) is 277 Å². The minimum absolute atomic E-state index is 0.0934. The fraction of sp³-hybridized carbons (Fsp3) is 0.907. The maximum absolute atomic E-state index is 12.7. The highest BCUT2D eigenvalue weighted by Gasteiger charge is 2.25. The summed E-state index contributed by atoms with van der Waals surface area (Å²) in [6.07, 6.45) is 60.8. The molecule has 0 aromatic heterocycles. The highest BCUT2D eigenvalue weighted by atomic mass is 31.2. The summed E-state index contributed by atoms with van der Waals surface area (Å²) in [6.45, 7) is 4.97. The summed E-state index contributed by atoms with van der Waals surface area (Å²) in [5.74, 6) is -0.324. The van der Waals surface area contributed by atoms with Crippen LogP contribution in [0.5, 0.6) is 0 Å². The fourth-order valence-corrected chi connectivity index (χ4v) is 8.85. The van der Waals surface area contributed by atoms with E-state index >= 15 is 0 Å². The molecule has 0 aromatic rings. The molecule has 0 bridgehead atoms. The number of ether oxygens (including phenoxy) is 2. The Morgan fingerprint density at radius 2 is 0.841 bits per heavy atom. The molecule has 0 radical (unpaired) electrons. The zero-order chi connectivity index (χ0) is 45.8. The third-order valence-electron chi connectivity index (χ3n) is 12.1. The van der Waals surface area contributed by atoms with Gasteiger partial charge in [0.1, 0.15) is 6.10 Å². The molecule has 9 heteroatoms. The van der Waals surface area contributed by atoms with Crippen LogP contribution in [-0.2, 0) is 27.9 Å². The number of allylic oxidation sites excluding steroid dienone is 4. The fourth-order valence-electron chi connectivity index (χ4n) is 8.09. The summed E-state index contributed by atoms with van der Waals surface area (Å²) in [7, 11) is -4.28. The van der Waals surface area contributed by atoms with E-state index in [0.717, 1.165) is 38.5 Å². The van der Waals surface area contributed by atoms with Gasteiger partial charge in [0.25, 0.3) is 0 Å². The van der Waals surface area contributed by atoms with Crippen LogP contribution >= 0.6 is 7.82 Å². The van der Waals surface area contributed by atoms with Crippen LogP contribution in [0.15, 0.2) is 24.3 Å². The van der Waals surface area contributed by atoms with Crippen molar-refractivity contribution in [1.29, 1.82) is 0 Å². The number of nitrogens with two attached hydrogens (primary N) is 1. The van der Waals surface area contributed by atoms with E-state index in [1.807, 2.05) is 0 Å². The van der Waals surface area contributed by atoms with Crippen molar-refractivity contribution in [2.24, 2.45) is 5.73 Å². The molecule has 8 nitrogen and oxygen atoms in total. The smallest absolute Gasteiger partial charge is 0.457 e. The predicted molar refractivity (Wildman–Crippen MR) is 270 cm³/mol. The molecule has 63 heavy (non-hydrogen) atoms. The lowest BCUT2D eigenvalue weighted by Gasteiger charge is -2.20. The molecule has 3 N–H and O–H groups in total. The molecular weight excluding hydrogens is 806 g/mol. The van der Waals surface area contributed by atoms with E-state index in [-0.39, 0.29) is 32.3 Å². The van der Waals surface area contributed by atoms with Crippen LogP contribution in [0.4, 0.5) is 0 Å². The second-order valence-electron chi connectivity index (χ2n) is 18.5. The van der Waals surface area contributed by atoms with Gasteiger partial charge >= 0.3 is 13.8 Å². The lowest BCUT2D eigenvalue weighted by atomic mass is 10.0. The number of rotatable bonds is 53. The largest absolute Gasteiger partial charge is 0.472 e. The quantitative estimate of drug-likeness (QED) is 0.0268. The first-order chi connectivity index (χ1) is 30.9. The molecule has 0 saturated heterocycles. The maximum atomic E-state index is 12.7. The normalized spacial score (nSPS) is 13.4. The molecule has 0 aliphatic heterocycles. The van der Waals surface area contributed by atoms with Gasteiger partial charge in [-0.05, 0) is 44.9 Å². The van der Waals surface area contributed by atoms with Gasteiger partial charge in [-0.1, -0.05) is 250 Å². The molecule has 2 unspecified atom stereocenters. The highest BCUT2D eigenvalue weighted by Crippen LogP contribution is 2.43. The van der Waals surface area contributed by atoms with Crippen LogP contribution in [0.25, 0.3) is 0 Å². The predicted octanol–water partition coefficient (Wildman–Crippen LogP) is 17.2. The molecule has 0 fully saturated rings. The van der Waals surface area contributed by atoms with Gasteiger partial charge in [-0.3, -0.25) is 13.8 Å². The van der Waals surface area contributed by atoms with E-state index in [4.69, 9.17) is 24.3 Å². The number of carbonyl (C=O) groups excluding carboxylic acids is 1. The van der Waals surface area contributed by atoms with E-state index < -0.39 is 13.9 Å². The van der Waals surface area contributed by atoms with E-state index in [1.165, 1.54) is 218 Å². The third kappa shape index (κ3) is 51.8. The molecule has 374 valence electrons. The summed E-state index contributed by atoms with van der Waals surface area (Å²) in [6, 6.07) is 0. The minimum atomic E-state index is -4.28. The van der Waals surface area contributed by atoms with Crippen molar-refractivity contribution in [2.45, 2.75) is 283 Å². The van der Waals surface area contributed by atoms with Crippen molar-refractivity contribution in [2.75, 3.05) is 33.0 Å². The number of phosphoric ester groups is 1. The average molecular weight is 912 g/mol. The van der Waals surface area contributed by atoms with Crippen LogP contribution < -0.4 is 5.73 Å². The van der Waals surface area contributed by atoms with E-state index in [2.05, 4.69) is 38.2 Å². The van der Waals surface area contributed by atoms with Crippen LogP contribution in [-0.4, -0.2) is 49.9 Å². The van der Waals surface area contributed by atoms with Gasteiger partial charge in [-0.15, -0.1) is 0 Å². The molecular formula is C54H106NO7P. The van der Waals surface area contributed by atoms with Crippen LogP contribution in [0.2, 0.25) is 0 Å². The zero-order valence-electron chi connectivity index (χ0n) is 41.8. The number of phosphoric acid groups is 1. The minimum Gasteiger partial charge on any atom is -0.457 e. The van der Waals surface area contributed by atoms with Gasteiger partial charge in [-0.25, -0.2) is 4.57 Å². The first-order valence-corrected chi connectivity index (χ1v) is 28.8. The monoisotopic (exact) mass is 912 g/mol. The van der Waals surface area contributed by atoms with Crippen molar-refractivity contribution in [3.63, 3.8) is 0 Å². The Morgan fingerprint density at radius 1 is 0.476 bits per heavy atom. The standard InChI is InChI=1S/C54H106NO7P/c1-3-5-7-9-11-13-15-17-19-21-23-25-27-29-31-33-35-37-39-41-43-45-47-54(56)62-53(52-61-63(57,58)60-50-48-55)51-59-49-46-44-42-40-38-36-34-32-30-28-26-24-22-20-18-16-14-12-10-8-6-4-2/h16,18,22,24,53H,3-15,17,19-21,23,25-52,55H2,1-2H3,(H,57,58)/b18-16-,24-22-. The summed E-state index contributed by atoms with van der Waals surface area (Å²) >= 11 is 0. The van der Waals surface area contributed by atoms with Crippen molar-refractivity contribution < 1.29 is 32.8 Å². The molecule has 0 spiro atoms. The number of esters is 1. The van der Waals surface area contributed by atoms with Gasteiger partial charge in [0.2, 0.25) is 0 Å². The topological polar surface area (TPSA) is 117 Å². The molecule has 2 atom stereocenters. The molecule has 0 heterocycles. The molecule has 0 saturated carbocycles. The van der Waals surface area contributed by atoms with Gasteiger partial charge in [0, 0.05) is 19.6 Å². The van der Waals surface area contributed by atoms with Crippen molar-refractivity contribution in [3.05, 3.63) is 24.3 Å². The summed E-state index contributed by atoms with van der Waals surface area (Å²) in [4.78, 5) is 22.6. The second kappa shape index (κ2) is 52.0. The summed E-state index contributed by atoms with van der Waals surface area (Å²) in [5, 5.41) is 0. The van der Waals surface area contributed by atoms with Crippen LogP contribution in [0.3, 0.4) is 0 Å². The SMILES string of the molecule is CCCCCCC/C=C\C/C=C\CCCCCCCCCCCCOCC(COP(=O)(O)OCCN)OC(=O)CCCCCCCCCCCCCCCCCCCCCCCC. The summed E-state index contributed by atoms with van der Waals surface area (Å²) < 4.78 is 33.7. The van der Waals surface area contributed by atoms with Gasteiger partial charge in [0.05, 0.1) is 19.8 Å².